The molecule has 0 aliphatic heterocycles. The molecule has 0 aromatic rings. The highest BCUT2D eigenvalue weighted by atomic mass is 16.4. The van der Waals surface area contributed by atoms with Crippen LogP contribution in [-0.2, 0) is 14.4 Å². The fourth-order valence-corrected chi connectivity index (χ4v) is 14.2. The lowest BCUT2D eigenvalue weighted by Crippen LogP contribution is -2.66. The Morgan fingerprint density at radius 1 is 0.857 bits per heavy atom. The number of fused-ring (bicyclic) bond motifs is 7. The van der Waals surface area contributed by atoms with Crippen molar-refractivity contribution in [3.05, 3.63) is 12.2 Å². The van der Waals surface area contributed by atoms with Crippen LogP contribution < -0.4 is 5.32 Å². The largest absolute Gasteiger partial charge is 0.481 e. The van der Waals surface area contributed by atoms with Gasteiger partial charge in [-0.15, -0.1) is 0 Å². The number of amides is 1. The zero-order chi connectivity index (χ0) is 36.4. The summed E-state index contributed by atoms with van der Waals surface area (Å²) in [5.74, 6) is 2.93. The quantitative estimate of drug-likeness (QED) is 0.201. The van der Waals surface area contributed by atoms with E-state index in [0.29, 0.717) is 61.3 Å². The van der Waals surface area contributed by atoms with Crippen LogP contribution in [0.5, 0.6) is 0 Å². The van der Waals surface area contributed by atoms with Gasteiger partial charge in [-0.1, -0.05) is 60.6 Å². The highest BCUT2D eigenvalue weighted by molar-refractivity contribution is 5.80. The standard InChI is InChI=1S/C43H72N2O4/c1-28(2)31-15-19-43(26-35(47)44-22-23-45(10)11)21-20-41(8)32(37(31)43)12-13-34-40(7)17-14-29(24-30(46)25-38(3,4)27-36(48)49)39(5,6)33(40)16-18-42(34,41)9/h29,31-34,37H,1,12-27H2,2-11H3,(H,44,47)(H,48,49)/t29?,31-,32?,33-,34+,37+,40?,41+,42+,43+/m0/s1. The van der Waals surface area contributed by atoms with E-state index >= 15 is 0 Å². The molecule has 5 saturated carbocycles. The number of ketones is 1. The van der Waals surface area contributed by atoms with E-state index in [0.717, 1.165) is 25.8 Å². The predicted molar refractivity (Wildman–Crippen MR) is 199 cm³/mol. The Hall–Kier alpha value is -1.69. The third-order valence-corrected chi connectivity index (χ3v) is 16.7. The number of rotatable bonds is 12. The van der Waals surface area contributed by atoms with Crippen LogP contribution in [0.2, 0.25) is 0 Å². The molecular formula is C43H72N2O4. The van der Waals surface area contributed by atoms with Crippen molar-refractivity contribution in [2.45, 2.75) is 145 Å². The molecule has 0 saturated heterocycles. The van der Waals surface area contributed by atoms with Gasteiger partial charge >= 0.3 is 5.97 Å². The lowest BCUT2D eigenvalue weighted by molar-refractivity contribution is -0.243. The van der Waals surface area contributed by atoms with Crippen molar-refractivity contribution >= 4 is 17.7 Å². The van der Waals surface area contributed by atoms with E-state index in [1.807, 2.05) is 13.8 Å². The molecule has 10 atom stereocenters. The summed E-state index contributed by atoms with van der Waals surface area (Å²) in [5.41, 5.74) is 1.72. The minimum atomic E-state index is -0.826. The Morgan fingerprint density at radius 2 is 1.55 bits per heavy atom. The number of carboxylic acid groups (broad SMARTS) is 1. The topological polar surface area (TPSA) is 86.7 Å². The average Bonchev–Trinajstić information content (AvgIpc) is 3.33. The molecule has 6 heteroatoms. The summed E-state index contributed by atoms with van der Waals surface area (Å²) in [5, 5.41) is 12.6. The Kier molecular flexibility index (Phi) is 10.5. The van der Waals surface area contributed by atoms with E-state index in [1.165, 1.54) is 50.5 Å². The van der Waals surface area contributed by atoms with E-state index in [9.17, 15) is 19.5 Å². The molecular weight excluding hydrogens is 608 g/mol. The molecule has 49 heavy (non-hydrogen) atoms. The molecule has 5 aliphatic carbocycles. The summed E-state index contributed by atoms with van der Waals surface area (Å²) in [4.78, 5) is 40.5. The molecule has 3 unspecified atom stereocenters. The van der Waals surface area contributed by atoms with Crippen LogP contribution in [0.4, 0.5) is 0 Å². The zero-order valence-electron chi connectivity index (χ0n) is 33.1. The van der Waals surface area contributed by atoms with Gasteiger partial charge in [0.05, 0.1) is 6.42 Å². The molecule has 278 valence electrons. The first-order chi connectivity index (χ1) is 22.6. The van der Waals surface area contributed by atoms with E-state index < -0.39 is 11.4 Å². The Bertz CT molecular complexity index is 1300. The van der Waals surface area contributed by atoms with Crippen LogP contribution in [-0.4, -0.2) is 54.9 Å². The van der Waals surface area contributed by atoms with Crippen molar-refractivity contribution in [3.8, 4) is 0 Å². The number of carbonyl (C=O) groups excluding carboxylic acids is 2. The summed E-state index contributed by atoms with van der Waals surface area (Å²) in [7, 11) is 4.12. The first-order valence-electron chi connectivity index (χ1n) is 19.9. The maximum absolute atomic E-state index is 13.5. The van der Waals surface area contributed by atoms with Gasteiger partial charge in [-0.25, -0.2) is 0 Å². The van der Waals surface area contributed by atoms with Crippen LogP contribution in [0.1, 0.15) is 145 Å². The highest BCUT2D eigenvalue weighted by Gasteiger charge is 2.71. The van der Waals surface area contributed by atoms with E-state index in [4.69, 9.17) is 0 Å². The van der Waals surface area contributed by atoms with Crippen molar-refractivity contribution in [3.63, 3.8) is 0 Å². The van der Waals surface area contributed by atoms with Gasteiger partial charge in [0.15, 0.2) is 0 Å². The molecule has 0 spiro atoms. The van der Waals surface area contributed by atoms with Crippen molar-refractivity contribution in [1.82, 2.24) is 10.2 Å². The number of carbonyl (C=O) groups is 3. The number of aliphatic carboxylic acids is 1. The minimum absolute atomic E-state index is 0.0343. The van der Waals surface area contributed by atoms with Gasteiger partial charge in [0.2, 0.25) is 5.91 Å². The van der Waals surface area contributed by atoms with Gasteiger partial charge in [-0.2, -0.15) is 0 Å². The molecule has 6 nitrogen and oxygen atoms in total. The van der Waals surface area contributed by atoms with Crippen molar-refractivity contribution in [1.29, 1.82) is 0 Å². The fourth-order valence-electron chi connectivity index (χ4n) is 14.2. The van der Waals surface area contributed by atoms with Gasteiger partial charge in [0, 0.05) is 32.4 Å². The summed E-state index contributed by atoms with van der Waals surface area (Å²) in [6.07, 6.45) is 13.6. The van der Waals surface area contributed by atoms with Crippen LogP contribution in [0.15, 0.2) is 12.2 Å². The number of allylic oxidation sites excluding steroid dienone is 1. The molecule has 0 aromatic carbocycles. The molecule has 0 heterocycles. The molecule has 2 N–H and O–H groups in total. The van der Waals surface area contributed by atoms with Crippen molar-refractivity contribution in [2.24, 2.45) is 68.0 Å². The number of nitrogens with one attached hydrogen (secondary N) is 1. The van der Waals surface area contributed by atoms with E-state index in [-0.39, 0.29) is 45.2 Å². The van der Waals surface area contributed by atoms with Crippen LogP contribution in [0.3, 0.4) is 0 Å². The summed E-state index contributed by atoms with van der Waals surface area (Å²) in [6.45, 7) is 25.1. The van der Waals surface area contributed by atoms with Gasteiger partial charge < -0.3 is 15.3 Å². The second-order valence-electron chi connectivity index (χ2n) is 20.6. The molecule has 1 amide bonds. The first-order valence-corrected chi connectivity index (χ1v) is 19.9. The van der Waals surface area contributed by atoms with Crippen molar-refractivity contribution in [2.75, 3.05) is 27.2 Å². The second-order valence-corrected chi connectivity index (χ2v) is 20.6. The summed E-state index contributed by atoms with van der Waals surface area (Å²) in [6, 6.07) is 0. The molecule has 0 bridgehead atoms. The molecule has 0 aromatic heterocycles. The number of hydrogen-bond acceptors (Lipinski definition) is 4. The van der Waals surface area contributed by atoms with Crippen molar-refractivity contribution < 1.29 is 19.5 Å². The van der Waals surface area contributed by atoms with Crippen LogP contribution in [0.25, 0.3) is 0 Å². The van der Waals surface area contributed by atoms with Gasteiger partial charge in [0.25, 0.3) is 0 Å². The number of hydrogen-bond donors (Lipinski definition) is 2. The SMILES string of the molecule is C=C(C)[C@@H]1CC[C@]2(CC(=O)NCCN(C)C)CC[C@]3(C)C(CC[C@@H]4C5(C)CCC(CC(=O)CC(C)(C)CC(=O)O)C(C)(C)[C@@H]5CC[C@]43C)[C@@H]12. The summed E-state index contributed by atoms with van der Waals surface area (Å²) >= 11 is 0. The van der Waals surface area contributed by atoms with Crippen LogP contribution >= 0.6 is 0 Å². The lowest BCUT2D eigenvalue weighted by atomic mass is 9.31. The molecule has 0 radical (unpaired) electrons. The maximum Gasteiger partial charge on any atom is 0.303 e. The monoisotopic (exact) mass is 681 g/mol. The fraction of sp³-hybridized carbons (Fsp3) is 0.884. The normalized spacial score (nSPS) is 41.2. The first kappa shape index (κ1) is 38.5. The predicted octanol–water partition coefficient (Wildman–Crippen LogP) is 9.18. The third kappa shape index (κ3) is 6.72. The van der Waals surface area contributed by atoms with Gasteiger partial charge in [-0.3, -0.25) is 14.4 Å². The molecule has 5 aliphatic rings. The van der Waals surface area contributed by atoms with Crippen LogP contribution in [0, 0.1) is 68.0 Å². The second kappa shape index (κ2) is 13.4. The average molecular weight is 681 g/mol. The maximum atomic E-state index is 13.5. The van der Waals surface area contributed by atoms with Gasteiger partial charge in [-0.05, 0) is 153 Å². The smallest absolute Gasteiger partial charge is 0.303 e. The Morgan fingerprint density at radius 3 is 2.18 bits per heavy atom. The molecule has 5 rings (SSSR count). The third-order valence-electron chi connectivity index (χ3n) is 16.7. The highest BCUT2D eigenvalue weighted by Crippen LogP contribution is 2.78. The van der Waals surface area contributed by atoms with Gasteiger partial charge in [0.1, 0.15) is 5.78 Å². The number of likely N-dealkylation sites (N-methyl/N-ethyl adjacent to an activating group) is 1. The number of nitrogens with zero attached hydrogens (tertiary/aromatic N) is 1. The lowest BCUT2D eigenvalue weighted by Gasteiger charge is -2.73. The summed E-state index contributed by atoms with van der Waals surface area (Å²) < 4.78 is 0. The van der Waals surface area contributed by atoms with E-state index in [1.54, 1.807) is 0 Å². The van der Waals surface area contributed by atoms with E-state index in [2.05, 4.69) is 72.4 Å². The molecule has 5 fully saturated rings. The zero-order valence-corrected chi connectivity index (χ0v) is 33.1. The minimum Gasteiger partial charge on any atom is -0.481 e. The Labute approximate surface area is 299 Å². The number of Topliss-reactive ketones (excluding diaryl/α,β-unsaturated/α-hetero) is 1. The Balaban J connectivity index is 1.37. The number of carboxylic acids is 1.